The maximum Gasteiger partial charge on any atom is 0.357 e. The molecular weight excluding hydrogens is 228 g/mol. The second-order valence-electron chi connectivity index (χ2n) is 3.71. The highest BCUT2D eigenvalue weighted by atomic mass is 35.5. The maximum atomic E-state index is 11.0. The lowest BCUT2D eigenvalue weighted by Crippen LogP contribution is -2.05. The van der Waals surface area contributed by atoms with Gasteiger partial charge in [-0.1, -0.05) is 18.2 Å². The number of halogens is 1. The van der Waals surface area contributed by atoms with E-state index in [1.165, 1.54) is 0 Å². The molecule has 0 aliphatic carbocycles. The van der Waals surface area contributed by atoms with Crippen LogP contribution in [0.2, 0.25) is 0 Å². The predicted molar refractivity (Wildman–Crippen MR) is 64.3 cm³/mol. The third kappa shape index (κ3) is 1.88. The number of fused-ring (bicyclic) bond motifs is 1. The summed E-state index contributed by atoms with van der Waals surface area (Å²) in [5.41, 5.74) is 0.990. The number of carbonyl (C=O) groups is 1. The molecule has 0 aliphatic rings. The van der Waals surface area contributed by atoms with Crippen LogP contribution in [-0.4, -0.2) is 20.9 Å². The Morgan fingerprint density at radius 2 is 2.00 bits per heavy atom. The predicted octanol–water partition coefficient (Wildman–Crippen LogP) is 2.74. The lowest BCUT2D eigenvalue weighted by molar-refractivity contribution is 0.0691. The van der Waals surface area contributed by atoms with Crippen molar-refractivity contribution in [3.63, 3.8) is 0 Å². The first-order valence-electron chi connectivity index (χ1n) is 4.82. The maximum absolute atomic E-state index is 11.0. The van der Waals surface area contributed by atoms with Gasteiger partial charge in [0.1, 0.15) is 0 Å². The number of aromatic nitrogens is 2. The van der Waals surface area contributed by atoms with Gasteiger partial charge in [-0.05, 0) is 19.9 Å². The molecule has 0 spiro atoms. The number of nitrogens with zero attached hydrogens (tertiary/aromatic N) is 2. The molecule has 0 saturated heterocycles. The first kappa shape index (κ1) is 12.5. The molecule has 5 heteroatoms. The van der Waals surface area contributed by atoms with Crippen LogP contribution in [0.15, 0.2) is 24.3 Å². The summed E-state index contributed by atoms with van der Waals surface area (Å²) in [7, 11) is 0. The van der Waals surface area contributed by atoms with E-state index in [1.807, 2.05) is 32.0 Å². The van der Waals surface area contributed by atoms with Crippen LogP contribution in [0.3, 0.4) is 0 Å². The minimum absolute atomic E-state index is 0. The van der Waals surface area contributed by atoms with Crippen molar-refractivity contribution in [3.05, 3.63) is 30.0 Å². The van der Waals surface area contributed by atoms with Crippen LogP contribution in [0.4, 0.5) is 0 Å². The van der Waals surface area contributed by atoms with Crippen LogP contribution in [0.25, 0.3) is 10.9 Å². The van der Waals surface area contributed by atoms with E-state index in [1.54, 1.807) is 10.7 Å². The van der Waals surface area contributed by atoms with Gasteiger partial charge in [-0.25, -0.2) is 4.79 Å². The lowest BCUT2D eigenvalue weighted by Gasteiger charge is -2.05. The highest BCUT2D eigenvalue weighted by Gasteiger charge is 2.16. The quantitative estimate of drug-likeness (QED) is 0.878. The summed E-state index contributed by atoms with van der Waals surface area (Å²) >= 11 is 0. The summed E-state index contributed by atoms with van der Waals surface area (Å²) in [6.07, 6.45) is 0. The number of benzene rings is 1. The van der Waals surface area contributed by atoms with Crippen LogP contribution in [0, 0.1) is 0 Å². The molecule has 0 amide bonds. The van der Waals surface area contributed by atoms with Crippen molar-refractivity contribution >= 4 is 29.3 Å². The van der Waals surface area contributed by atoms with Crippen molar-refractivity contribution in [1.82, 2.24) is 9.78 Å². The van der Waals surface area contributed by atoms with Gasteiger partial charge in [-0.15, -0.1) is 12.4 Å². The molecular formula is C11H13ClN2O2. The Morgan fingerprint density at radius 1 is 1.38 bits per heavy atom. The fourth-order valence-corrected chi connectivity index (χ4v) is 1.64. The van der Waals surface area contributed by atoms with E-state index in [0.29, 0.717) is 5.39 Å². The van der Waals surface area contributed by atoms with E-state index < -0.39 is 5.97 Å². The number of hydrogen-bond acceptors (Lipinski definition) is 2. The van der Waals surface area contributed by atoms with Gasteiger partial charge in [0, 0.05) is 11.4 Å². The average Bonchev–Trinajstić information content (AvgIpc) is 2.56. The Kier molecular flexibility index (Phi) is 3.55. The number of carboxylic acids is 1. The van der Waals surface area contributed by atoms with Gasteiger partial charge in [-0.3, -0.25) is 4.68 Å². The first-order chi connectivity index (χ1) is 7.11. The van der Waals surface area contributed by atoms with Gasteiger partial charge in [0.25, 0.3) is 0 Å². The number of carboxylic acid groups (broad SMARTS) is 1. The minimum atomic E-state index is -0.981. The Morgan fingerprint density at radius 3 is 2.56 bits per heavy atom. The van der Waals surface area contributed by atoms with Crippen LogP contribution >= 0.6 is 12.4 Å². The van der Waals surface area contributed by atoms with Gasteiger partial charge in [0.05, 0.1) is 5.52 Å². The smallest absolute Gasteiger partial charge is 0.357 e. The molecule has 1 N–H and O–H groups in total. The van der Waals surface area contributed by atoms with E-state index in [2.05, 4.69) is 5.10 Å². The SMILES string of the molecule is CC(C)n1nc(C(=O)O)c2ccccc21.Cl. The van der Waals surface area contributed by atoms with Crippen LogP contribution < -0.4 is 0 Å². The van der Waals surface area contributed by atoms with Gasteiger partial charge in [0.15, 0.2) is 5.69 Å². The Labute approximate surface area is 99.3 Å². The van der Waals surface area contributed by atoms with Crippen molar-refractivity contribution in [2.45, 2.75) is 19.9 Å². The zero-order valence-corrected chi connectivity index (χ0v) is 9.86. The van der Waals surface area contributed by atoms with E-state index in [-0.39, 0.29) is 24.1 Å². The van der Waals surface area contributed by atoms with Crippen molar-refractivity contribution in [1.29, 1.82) is 0 Å². The summed E-state index contributed by atoms with van der Waals surface area (Å²) in [5, 5.41) is 13.8. The number of para-hydroxylation sites is 1. The molecule has 0 aliphatic heterocycles. The number of rotatable bonds is 2. The van der Waals surface area contributed by atoms with Crippen molar-refractivity contribution in [2.75, 3.05) is 0 Å². The summed E-state index contributed by atoms with van der Waals surface area (Å²) in [5.74, 6) is -0.981. The van der Waals surface area contributed by atoms with Crippen molar-refractivity contribution < 1.29 is 9.90 Å². The highest BCUT2D eigenvalue weighted by Crippen LogP contribution is 2.21. The Hall–Kier alpha value is -1.55. The normalized spacial score (nSPS) is 10.4. The van der Waals surface area contributed by atoms with E-state index in [9.17, 15) is 4.79 Å². The molecule has 16 heavy (non-hydrogen) atoms. The molecule has 1 aromatic heterocycles. The van der Waals surface area contributed by atoms with Gasteiger partial charge in [0.2, 0.25) is 0 Å². The first-order valence-corrected chi connectivity index (χ1v) is 4.82. The zero-order valence-electron chi connectivity index (χ0n) is 9.04. The van der Waals surface area contributed by atoms with E-state index in [0.717, 1.165) is 5.52 Å². The lowest BCUT2D eigenvalue weighted by atomic mass is 10.2. The minimum Gasteiger partial charge on any atom is -0.476 e. The summed E-state index contributed by atoms with van der Waals surface area (Å²) in [6, 6.07) is 7.53. The monoisotopic (exact) mass is 240 g/mol. The standard InChI is InChI=1S/C11H12N2O2.ClH/c1-7(2)13-9-6-4-3-5-8(9)10(12-13)11(14)15;/h3-7H,1-2H3,(H,14,15);1H. The molecule has 0 unspecified atom stereocenters. The number of aromatic carboxylic acids is 1. The molecule has 2 aromatic rings. The zero-order chi connectivity index (χ0) is 11.0. The van der Waals surface area contributed by atoms with Crippen LogP contribution in [-0.2, 0) is 0 Å². The summed E-state index contributed by atoms with van der Waals surface area (Å²) in [6.45, 7) is 3.95. The Bertz CT molecular complexity index is 520. The fourth-order valence-electron chi connectivity index (χ4n) is 1.64. The van der Waals surface area contributed by atoms with E-state index >= 15 is 0 Å². The average molecular weight is 241 g/mol. The fraction of sp³-hybridized carbons (Fsp3) is 0.273. The van der Waals surface area contributed by atoms with Crippen molar-refractivity contribution in [3.8, 4) is 0 Å². The molecule has 0 bridgehead atoms. The summed E-state index contributed by atoms with van der Waals surface area (Å²) in [4.78, 5) is 11.0. The van der Waals surface area contributed by atoms with Crippen LogP contribution in [0.1, 0.15) is 30.4 Å². The summed E-state index contributed by atoms with van der Waals surface area (Å²) < 4.78 is 1.73. The molecule has 0 fully saturated rings. The second kappa shape index (κ2) is 4.53. The molecule has 4 nitrogen and oxygen atoms in total. The van der Waals surface area contributed by atoms with Gasteiger partial charge < -0.3 is 5.11 Å². The molecule has 1 heterocycles. The molecule has 0 radical (unpaired) electrons. The van der Waals surface area contributed by atoms with E-state index in [4.69, 9.17) is 5.11 Å². The molecule has 1 aromatic carbocycles. The van der Waals surface area contributed by atoms with Crippen LogP contribution in [0.5, 0.6) is 0 Å². The third-order valence-electron chi connectivity index (χ3n) is 2.31. The van der Waals surface area contributed by atoms with Crippen molar-refractivity contribution in [2.24, 2.45) is 0 Å². The van der Waals surface area contributed by atoms with Gasteiger partial charge in [-0.2, -0.15) is 5.10 Å². The third-order valence-corrected chi connectivity index (χ3v) is 2.31. The largest absolute Gasteiger partial charge is 0.476 e. The number of hydrogen-bond donors (Lipinski definition) is 1. The van der Waals surface area contributed by atoms with Gasteiger partial charge >= 0.3 is 5.97 Å². The molecule has 86 valence electrons. The Balaban J connectivity index is 0.00000128. The molecule has 0 saturated carbocycles. The molecule has 2 rings (SSSR count). The highest BCUT2D eigenvalue weighted by molar-refractivity contribution is 6.01. The molecule has 0 atom stereocenters. The topological polar surface area (TPSA) is 55.1 Å². The second-order valence-corrected chi connectivity index (χ2v) is 3.71.